The van der Waals surface area contributed by atoms with Crippen molar-refractivity contribution in [1.82, 2.24) is 0 Å². The second-order valence-corrected chi connectivity index (χ2v) is 5.13. The van der Waals surface area contributed by atoms with E-state index in [1.807, 2.05) is 19.1 Å². The maximum atomic E-state index is 13.6. The molecule has 0 aliphatic heterocycles. The Kier molecular flexibility index (Phi) is 3.57. The molecule has 0 bridgehead atoms. The van der Waals surface area contributed by atoms with Crippen LogP contribution in [0.5, 0.6) is 0 Å². The van der Waals surface area contributed by atoms with Crippen LogP contribution in [0.2, 0.25) is 0 Å². The molecule has 0 aliphatic rings. The molecular formula is C12H11FN2O2S. The van der Waals surface area contributed by atoms with E-state index in [-0.39, 0.29) is 11.4 Å². The molecule has 1 N–H and O–H groups in total. The fourth-order valence-electron chi connectivity index (χ4n) is 1.60. The summed E-state index contributed by atoms with van der Waals surface area (Å²) in [5.41, 5.74) is -0.308. The fourth-order valence-corrected chi connectivity index (χ4v) is 2.43. The van der Waals surface area contributed by atoms with Gasteiger partial charge in [0.2, 0.25) is 0 Å². The molecule has 0 fully saturated rings. The normalized spacial score (nSPS) is 10.3. The lowest BCUT2D eigenvalue weighted by Crippen LogP contribution is -2.03. The lowest BCUT2D eigenvalue weighted by atomic mass is 10.2. The van der Waals surface area contributed by atoms with Gasteiger partial charge in [0.1, 0.15) is 5.69 Å². The van der Waals surface area contributed by atoms with E-state index in [0.29, 0.717) is 6.54 Å². The smallest absolute Gasteiger partial charge is 0.295 e. The maximum absolute atomic E-state index is 13.6. The molecule has 1 heterocycles. The predicted molar refractivity (Wildman–Crippen MR) is 69.4 cm³/mol. The molecule has 0 atom stereocenters. The Morgan fingerprint density at radius 3 is 2.78 bits per heavy atom. The van der Waals surface area contributed by atoms with Crippen LogP contribution in [-0.2, 0) is 6.54 Å². The van der Waals surface area contributed by atoms with Crippen molar-refractivity contribution in [3.8, 4) is 0 Å². The molecule has 0 aliphatic carbocycles. The largest absolute Gasteiger partial charge is 0.372 e. The van der Waals surface area contributed by atoms with Crippen LogP contribution in [0.3, 0.4) is 0 Å². The number of halogens is 1. The van der Waals surface area contributed by atoms with Gasteiger partial charge in [-0.15, -0.1) is 11.3 Å². The Bertz CT molecular complexity index is 583. The van der Waals surface area contributed by atoms with Gasteiger partial charge in [-0.25, -0.2) is 4.39 Å². The van der Waals surface area contributed by atoms with Gasteiger partial charge in [0.05, 0.1) is 4.92 Å². The summed E-state index contributed by atoms with van der Waals surface area (Å²) in [6.07, 6.45) is 0. The highest BCUT2D eigenvalue weighted by atomic mass is 32.1. The van der Waals surface area contributed by atoms with Gasteiger partial charge < -0.3 is 5.32 Å². The molecule has 0 unspecified atom stereocenters. The lowest BCUT2D eigenvalue weighted by molar-refractivity contribution is -0.384. The molecule has 0 amide bonds. The molecule has 6 heteroatoms. The van der Waals surface area contributed by atoms with E-state index in [2.05, 4.69) is 5.32 Å². The number of nitro benzene ring substituents is 1. The van der Waals surface area contributed by atoms with Crippen molar-refractivity contribution < 1.29 is 9.31 Å². The minimum absolute atomic E-state index is 0.0615. The summed E-state index contributed by atoms with van der Waals surface area (Å²) in [4.78, 5) is 12.4. The number of rotatable bonds is 4. The summed E-state index contributed by atoms with van der Waals surface area (Å²) in [7, 11) is 0. The fraction of sp³-hybridized carbons (Fsp3) is 0.167. The van der Waals surface area contributed by atoms with E-state index in [9.17, 15) is 14.5 Å². The number of para-hydroxylation sites is 1. The Morgan fingerprint density at radius 2 is 2.17 bits per heavy atom. The minimum Gasteiger partial charge on any atom is -0.372 e. The summed E-state index contributed by atoms with van der Waals surface area (Å²) in [5.74, 6) is -0.613. The molecule has 0 saturated heterocycles. The maximum Gasteiger partial charge on any atom is 0.295 e. The van der Waals surface area contributed by atoms with Gasteiger partial charge in [-0.05, 0) is 25.1 Å². The molecule has 94 valence electrons. The summed E-state index contributed by atoms with van der Waals surface area (Å²) in [6.45, 7) is 2.35. The molecule has 0 spiro atoms. The number of hydrogen-bond donors (Lipinski definition) is 1. The summed E-state index contributed by atoms with van der Waals surface area (Å²) in [6, 6.07) is 7.69. The van der Waals surface area contributed by atoms with Crippen LogP contribution in [0.25, 0.3) is 0 Å². The second kappa shape index (κ2) is 5.14. The monoisotopic (exact) mass is 266 g/mol. The van der Waals surface area contributed by atoms with Gasteiger partial charge >= 0.3 is 0 Å². The summed E-state index contributed by atoms with van der Waals surface area (Å²) >= 11 is 1.57. The Hall–Kier alpha value is -1.95. The van der Waals surface area contributed by atoms with E-state index in [1.54, 1.807) is 11.3 Å². The van der Waals surface area contributed by atoms with Crippen LogP contribution in [0.1, 0.15) is 9.75 Å². The zero-order chi connectivity index (χ0) is 13.1. The van der Waals surface area contributed by atoms with Gasteiger partial charge in [-0.2, -0.15) is 0 Å². The van der Waals surface area contributed by atoms with Crippen molar-refractivity contribution in [2.75, 3.05) is 5.32 Å². The van der Waals surface area contributed by atoms with E-state index in [4.69, 9.17) is 0 Å². The molecule has 0 saturated carbocycles. The van der Waals surface area contributed by atoms with Gasteiger partial charge in [-0.3, -0.25) is 10.1 Å². The van der Waals surface area contributed by atoms with Crippen LogP contribution in [-0.4, -0.2) is 4.92 Å². The number of nitrogens with one attached hydrogen (secondary N) is 1. The molecule has 2 rings (SSSR count). The molecule has 4 nitrogen and oxygen atoms in total. The first kappa shape index (κ1) is 12.5. The van der Waals surface area contributed by atoms with E-state index >= 15 is 0 Å². The van der Waals surface area contributed by atoms with E-state index in [0.717, 1.165) is 9.75 Å². The molecule has 0 radical (unpaired) electrons. The van der Waals surface area contributed by atoms with Crippen molar-refractivity contribution in [1.29, 1.82) is 0 Å². The van der Waals surface area contributed by atoms with Crippen molar-refractivity contribution in [2.45, 2.75) is 13.5 Å². The highest BCUT2D eigenvalue weighted by molar-refractivity contribution is 7.11. The van der Waals surface area contributed by atoms with Crippen LogP contribution < -0.4 is 5.32 Å². The molecule has 2 aromatic rings. The van der Waals surface area contributed by atoms with Crippen molar-refractivity contribution in [3.63, 3.8) is 0 Å². The first-order valence-corrected chi connectivity index (χ1v) is 6.11. The lowest BCUT2D eigenvalue weighted by Gasteiger charge is -2.06. The van der Waals surface area contributed by atoms with Gasteiger partial charge in [0.25, 0.3) is 5.69 Å². The number of nitro groups is 1. The third kappa shape index (κ3) is 2.65. The van der Waals surface area contributed by atoms with Gasteiger partial charge in [-0.1, -0.05) is 6.07 Å². The van der Waals surface area contributed by atoms with Crippen LogP contribution in [0, 0.1) is 22.9 Å². The van der Waals surface area contributed by atoms with Gasteiger partial charge in [0, 0.05) is 22.4 Å². The number of hydrogen-bond acceptors (Lipinski definition) is 4. The zero-order valence-electron chi connectivity index (χ0n) is 9.64. The summed E-state index contributed by atoms with van der Waals surface area (Å²) in [5, 5.41) is 13.6. The third-order valence-corrected chi connectivity index (χ3v) is 3.42. The molecule has 18 heavy (non-hydrogen) atoms. The second-order valence-electron chi connectivity index (χ2n) is 3.76. The quantitative estimate of drug-likeness (QED) is 0.678. The predicted octanol–water partition coefficient (Wildman–Crippen LogP) is 3.72. The average Bonchev–Trinajstić information content (AvgIpc) is 2.73. The van der Waals surface area contributed by atoms with E-state index in [1.165, 1.54) is 18.2 Å². The SMILES string of the molecule is Cc1ccc(CNc2c(F)cccc2[N+](=O)[O-])s1. The first-order valence-electron chi connectivity index (χ1n) is 5.30. The molecule has 1 aromatic heterocycles. The van der Waals surface area contributed by atoms with E-state index < -0.39 is 10.7 Å². The number of benzene rings is 1. The zero-order valence-corrected chi connectivity index (χ0v) is 10.5. The van der Waals surface area contributed by atoms with Gasteiger partial charge in [0.15, 0.2) is 5.82 Å². The van der Waals surface area contributed by atoms with Crippen LogP contribution in [0.15, 0.2) is 30.3 Å². The minimum atomic E-state index is -0.613. The van der Waals surface area contributed by atoms with Crippen LogP contribution >= 0.6 is 11.3 Å². The standard InChI is InChI=1S/C12H11FN2O2S/c1-8-5-6-9(18-8)7-14-12-10(13)3-2-4-11(12)15(16)17/h2-6,14H,7H2,1H3. The number of anilines is 1. The average molecular weight is 266 g/mol. The van der Waals surface area contributed by atoms with Crippen molar-refractivity contribution in [2.24, 2.45) is 0 Å². The Labute approximate surface area is 107 Å². The summed E-state index contributed by atoms with van der Waals surface area (Å²) < 4.78 is 13.6. The topological polar surface area (TPSA) is 55.2 Å². The number of thiophene rings is 1. The highest BCUT2D eigenvalue weighted by Gasteiger charge is 2.17. The first-order chi connectivity index (χ1) is 8.58. The number of nitrogens with zero attached hydrogens (tertiary/aromatic N) is 1. The van der Waals surface area contributed by atoms with Crippen LogP contribution in [0.4, 0.5) is 15.8 Å². The molecular weight excluding hydrogens is 255 g/mol. The highest BCUT2D eigenvalue weighted by Crippen LogP contribution is 2.28. The molecule has 1 aromatic carbocycles. The third-order valence-electron chi connectivity index (χ3n) is 2.42. The Balaban J connectivity index is 2.20. The van der Waals surface area contributed by atoms with Crippen molar-refractivity contribution >= 4 is 22.7 Å². The number of aryl methyl sites for hydroxylation is 1. The van der Waals surface area contributed by atoms with Crippen molar-refractivity contribution in [3.05, 3.63) is 56.0 Å². The Morgan fingerprint density at radius 1 is 1.39 bits per heavy atom.